The number of carbonyl (C=O) groups excluding carboxylic acids is 1. The second kappa shape index (κ2) is 12.3. The Balaban J connectivity index is 4.01. The van der Waals surface area contributed by atoms with E-state index in [0.717, 1.165) is 25.7 Å². The van der Waals surface area contributed by atoms with Gasteiger partial charge in [-0.25, -0.2) is 0 Å². The molecule has 6 nitrogen and oxygen atoms in total. The average Bonchev–Trinajstić information content (AvgIpc) is 2.46. The summed E-state index contributed by atoms with van der Waals surface area (Å²) in [5.41, 5.74) is 0. The van der Waals surface area contributed by atoms with Crippen LogP contribution in [-0.4, -0.2) is 52.9 Å². The molecule has 21 heavy (non-hydrogen) atoms. The van der Waals surface area contributed by atoms with Crippen molar-refractivity contribution in [2.24, 2.45) is 0 Å². The molecule has 1 unspecified atom stereocenters. The number of allylic oxidation sites excluding steroid dienone is 1. The number of aliphatic hydroxyl groups excluding tert-OH is 1. The molecule has 0 aliphatic rings. The Morgan fingerprint density at radius 1 is 1.29 bits per heavy atom. The fourth-order valence-electron chi connectivity index (χ4n) is 1.87. The van der Waals surface area contributed by atoms with Crippen molar-refractivity contribution in [3.05, 3.63) is 12.7 Å². The van der Waals surface area contributed by atoms with E-state index in [-0.39, 0.29) is 19.2 Å². The Morgan fingerprint density at radius 2 is 2.00 bits per heavy atom. The van der Waals surface area contributed by atoms with Gasteiger partial charge >= 0.3 is 5.97 Å². The molecular formula is C15H28N2O4. The number of nitrogens with one attached hydrogen (secondary N) is 1. The van der Waals surface area contributed by atoms with Gasteiger partial charge in [-0.3, -0.25) is 14.5 Å². The number of aliphatic carboxylic acids is 1. The molecule has 0 radical (unpaired) electrons. The predicted molar refractivity (Wildman–Crippen MR) is 81.8 cm³/mol. The van der Waals surface area contributed by atoms with Crippen LogP contribution in [0.2, 0.25) is 0 Å². The van der Waals surface area contributed by atoms with Crippen LogP contribution in [0.1, 0.15) is 45.4 Å². The maximum absolute atomic E-state index is 11.7. The molecule has 0 heterocycles. The molecule has 0 saturated heterocycles. The third-order valence-corrected chi connectivity index (χ3v) is 3.30. The molecule has 0 saturated carbocycles. The first-order valence-electron chi connectivity index (χ1n) is 7.48. The van der Waals surface area contributed by atoms with Crippen molar-refractivity contribution in [2.75, 3.05) is 19.8 Å². The fourth-order valence-corrected chi connectivity index (χ4v) is 1.87. The molecule has 3 N–H and O–H groups in total. The van der Waals surface area contributed by atoms with Crippen molar-refractivity contribution in [3.63, 3.8) is 0 Å². The predicted octanol–water partition coefficient (Wildman–Crippen LogP) is 1.35. The van der Waals surface area contributed by atoms with Crippen LogP contribution < -0.4 is 5.32 Å². The Labute approximate surface area is 126 Å². The molecule has 0 fully saturated rings. The molecule has 1 amide bonds. The highest BCUT2D eigenvalue weighted by Gasteiger charge is 2.20. The zero-order chi connectivity index (χ0) is 16.1. The quantitative estimate of drug-likeness (QED) is 0.271. The van der Waals surface area contributed by atoms with Gasteiger partial charge in [0, 0.05) is 19.6 Å². The Kier molecular flexibility index (Phi) is 11.5. The standard InChI is InChI=1S/C15H28N2O4/c1-3-4-5-6-7-9-14(19)16-12-17(10-8-11-18)13(2)15(20)21/h3,13,18H,1,4-12H2,2H3,(H,16,19)(H,20,21). The highest BCUT2D eigenvalue weighted by atomic mass is 16.4. The Bertz CT molecular complexity index is 321. The van der Waals surface area contributed by atoms with Gasteiger partial charge in [-0.15, -0.1) is 6.58 Å². The summed E-state index contributed by atoms with van der Waals surface area (Å²) in [4.78, 5) is 24.3. The fraction of sp³-hybridized carbons (Fsp3) is 0.733. The lowest BCUT2D eigenvalue weighted by Gasteiger charge is -2.26. The number of hydrogen-bond donors (Lipinski definition) is 3. The number of carbonyl (C=O) groups is 2. The van der Waals surface area contributed by atoms with E-state index in [9.17, 15) is 9.59 Å². The molecule has 0 aliphatic heterocycles. The largest absolute Gasteiger partial charge is 0.480 e. The summed E-state index contributed by atoms with van der Waals surface area (Å²) < 4.78 is 0. The van der Waals surface area contributed by atoms with Crippen LogP contribution in [0.5, 0.6) is 0 Å². The van der Waals surface area contributed by atoms with Crippen LogP contribution in [0.4, 0.5) is 0 Å². The van der Waals surface area contributed by atoms with Gasteiger partial charge in [0.1, 0.15) is 6.04 Å². The van der Waals surface area contributed by atoms with Crippen LogP contribution in [0, 0.1) is 0 Å². The van der Waals surface area contributed by atoms with Gasteiger partial charge in [-0.1, -0.05) is 12.5 Å². The molecule has 0 spiro atoms. The Hall–Kier alpha value is -1.40. The summed E-state index contributed by atoms with van der Waals surface area (Å²) in [7, 11) is 0. The number of hydrogen-bond acceptors (Lipinski definition) is 4. The molecule has 0 bridgehead atoms. The molecule has 0 rings (SSSR count). The molecule has 122 valence electrons. The van der Waals surface area contributed by atoms with Crippen molar-refractivity contribution in [1.82, 2.24) is 10.2 Å². The zero-order valence-electron chi connectivity index (χ0n) is 12.9. The van der Waals surface area contributed by atoms with Crippen molar-refractivity contribution in [3.8, 4) is 0 Å². The lowest BCUT2D eigenvalue weighted by molar-refractivity contribution is -0.143. The number of carboxylic acids is 1. The highest BCUT2D eigenvalue weighted by molar-refractivity contribution is 5.76. The summed E-state index contributed by atoms with van der Waals surface area (Å²) in [5.74, 6) is -1.01. The number of carboxylic acid groups (broad SMARTS) is 1. The minimum atomic E-state index is -0.938. The number of aliphatic hydroxyl groups is 1. The van der Waals surface area contributed by atoms with Gasteiger partial charge < -0.3 is 15.5 Å². The van der Waals surface area contributed by atoms with E-state index in [1.165, 1.54) is 0 Å². The van der Waals surface area contributed by atoms with Gasteiger partial charge in [0.15, 0.2) is 0 Å². The summed E-state index contributed by atoms with van der Waals surface area (Å²) in [6.45, 7) is 5.85. The lowest BCUT2D eigenvalue weighted by Crippen LogP contribution is -2.46. The van der Waals surface area contributed by atoms with Crippen molar-refractivity contribution in [2.45, 2.75) is 51.5 Å². The van der Waals surface area contributed by atoms with E-state index in [2.05, 4.69) is 11.9 Å². The first kappa shape index (κ1) is 19.6. The zero-order valence-corrected chi connectivity index (χ0v) is 12.9. The van der Waals surface area contributed by atoms with Crippen molar-refractivity contribution < 1.29 is 19.8 Å². The number of rotatable bonds is 13. The molecule has 0 aromatic heterocycles. The minimum absolute atomic E-state index is 0.0000882. The van der Waals surface area contributed by atoms with E-state index in [1.807, 2.05) is 6.08 Å². The van der Waals surface area contributed by atoms with E-state index < -0.39 is 12.0 Å². The number of amides is 1. The second-order valence-electron chi connectivity index (χ2n) is 5.05. The first-order chi connectivity index (χ1) is 10.0. The van der Waals surface area contributed by atoms with Crippen LogP contribution in [0.15, 0.2) is 12.7 Å². The topological polar surface area (TPSA) is 89.9 Å². The third-order valence-electron chi connectivity index (χ3n) is 3.30. The smallest absolute Gasteiger partial charge is 0.320 e. The summed E-state index contributed by atoms with van der Waals surface area (Å²) in [5, 5.41) is 20.6. The summed E-state index contributed by atoms with van der Waals surface area (Å²) >= 11 is 0. The maximum atomic E-state index is 11.7. The minimum Gasteiger partial charge on any atom is -0.480 e. The summed E-state index contributed by atoms with van der Waals surface area (Å²) in [6.07, 6.45) is 6.61. The van der Waals surface area contributed by atoms with Crippen LogP contribution >= 0.6 is 0 Å². The number of nitrogens with zero attached hydrogens (tertiary/aromatic N) is 1. The van der Waals surface area contributed by atoms with E-state index in [1.54, 1.807) is 11.8 Å². The molecule has 0 aromatic rings. The van der Waals surface area contributed by atoms with Crippen molar-refractivity contribution >= 4 is 11.9 Å². The molecule has 6 heteroatoms. The third kappa shape index (κ3) is 10.0. The maximum Gasteiger partial charge on any atom is 0.320 e. The van der Waals surface area contributed by atoms with Gasteiger partial charge in [-0.2, -0.15) is 0 Å². The van der Waals surface area contributed by atoms with Crippen molar-refractivity contribution in [1.29, 1.82) is 0 Å². The van der Waals surface area contributed by atoms with Crippen LogP contribution in [0.3, 0.4) is 0 Å². The second-order valence-corrected chi connectivity index (χ2v) is 5.05. The lowest BCUT2D eigenvalue weighted by atomic mass is 10.1. The van der Waals surface area contributed by atoms with E-state index in [4.69, 9.17) is 10.2 Å². The van der Waals surface area contributed by atoms with Crippen LogP contribution in [-0.2, 0) is 9.59 Å². The average molecular weight is 300 g/mol. The SMILES string of the molecule is C=CCCCCCC(=O)NCN(CCCO)C(C)C(=O)O. The highest BCUT2D eigenvalue weighted by Crippen LogP contribution is 2.04. The molecule has 0 aromatic carbocycles. The van der Waals surface area contributed by atoms with E-state index >= 15 is 0 Å². The molecular weight excluding hydrogens is 272 g/mol. The van der Waals surface area contributed by atoms with Gasteiger partial charge in [0.2, 0.25) is 5.91 Å². The van der Waals surface area contributed by atoms with Crippen LogP contribution in [0.25, 0.3) is 0 Å². The van der Waals surface area contributed by atoms with E-state index in [0.29, 0.717) is 19.4 Å². The van der Waals surface area contributed by atoms with Gasteiger partial charge in [0.25, 0.3) is 0 Å². The normalized spacial score (nSPS) is 12.1. The monoisotopic (exact) mass is 300 g/mol. The summed E-state index contributed by atoms with van der Waals surface area (Å²) in [6, 6.07) is -0.690. The number of unbranched alkanes of at least 4 members (excludes halogenated alkanes) is 3. The first-order valence-corrected chi connectivity index (χ1v) is 7.48. The Morgan fingerprint density at radius 3 is 2.57 bits per heavy atom. The van der Waals surface area contributed by atoms with Gasteiger partial charge in [0.05, 0.1) is 6.67 Å². The molecule has 1 atom stereocenters. The molecule has 0 aliphatic carbocycles. The van der Waals surface area contributed by atoms with Gasteiger partial charge in [-0.05, 0) is 32.6 Å².